The van der Waals surface area contributed by atoms with Gasteiger partial charge in [0.1, 0.15) is 12.0 Å². The molecular formula is C11H13ClN6O. The summed E-state index contributed by atoms with van der Waals surface area (Å²) in [6.07, 6.45) is 5.34. The number of nitrogens with one attached hydrogen (secondary N) is 1. The van der Waals surface area contributed by atoms with Gasteiger partial charge in [0.05, 0.1) is 6.20 Å². The first-order valence-corrected chi connectivity index (χ1v) is 6.39. The van der Waals surface area contributed by atoms with Crippen LogP contribution >= 0.6 is 11.6 Å². The van der Waals surface area contributed by atoms with Crippen molar-refractivity contribution < 1.29 is 4.79 Å². The SMILES string of the molecule is CN(CC1CC1)C(=O)Nc1cnc(Cl)n2cnnc12. The second kappa shape index (κ2) is 4.65. The fraction of sp³-hybridized carbons (Fsp3) is 0.455. The van der Waals surface area contributed by atoms with Crippen molar-refractivity contribution in [2.75, 3.05) is 18.9 Å². The molecule has 0 unspecified atom stereocenters. The molecule has 2 amide bonds. The Labute approximate surface area is 114 Å². The molecule has 3 rings (SSSR count). The summed E-state index contributed by atoms with van der Waals surface area (Å²) in [6.45, 7) is 0.774. The fourth-order valence-electron chi connectivity index (χ4n) is 1.86. The zero-order chi connectivity index (χ0) is 13.4. The van der Waals surface area contributed by atoms with Crippen molar-refractivity contribution in [2.45, 2.75) is 12.8 Å². The minimum atomic E-state index is -0.180. The Kier molecular flexibility index (Phi) is 2.98. The smallest absolute Gasteiger partial charge is 0.321 e. The highest BCUT2D eigenvalue weighted by Gasteiger charge is 2.25. The number of halogens is 1. The zero-order valence-electron chi connectivity index (χ0n) is 10.4. The normalized spacial score (nSPS) is 14.6. The molecule has 0 aliphatic heterocycles. The van der Waals surface area contributed by atoms with Gasteiger partial charge >= 0.3 is 6.03 Å². The number of hydrogen-bond donors (Lipinski definition) is 1. The molecule has 2 aromatic heterocycles. The summed E-state index contributed by atoms with van der Waals surface area (Å²) in [6, 6.07) is -0.180. The van der Waals surface area contributed by atoms with Crippen molar-refractivity contribution in [1.29, 1.82) is 0 Å². The molecule has 0 spiro atoms. The van der Waals surface area contributed by atoms with Crippen molar-refractivity contribution in [3.8, 4) is 0 Å². The molecule has 0 bridgehead atoms. The molecule has 2 aromatic rings. The monoisotopic (exact) mass is 280 g/mol. The van der Waals surface area contributed by atoms with E-state index in [1.54, 1.807) is 11.9 Å². The maximum Gasteiger partial charge on any atom is 0.321 e. The highest BCUT2D eigenvalue weighted by Crippen LogP contribution is 2.29. The van der Waals surface area contributed by atoms with E-state index in [0.717, 1.165) is 6.54 Å². The minimum Gasteiger partial charge on any atom is -0.327 e. The van der Waals surface area contributed by atoms with Crippen LogP contribution < -0.4 is 5.32 Å². The van der Waals surface area contributed by atoms with Crippen LogP contribution in [0.15, 0.2) is 12.5 Å². The van der Waals surface area contributed by atoms with Crippen molar-refractivity contribution >= 4 is 29.0 Å². The van der Waals surface area contributed by atoms with E-state index < -0.39 is 0 Å². The standard InChI is InChI=1S/C11H13ClN6O/c1-17(5-7-2-3-7)11(19)15-8-4-13-10(12)18-6-14-16-9(8)18/h4,6-7H,2-3,5H2,1H3,(H,15,19). The topological polar surface area (TPSA) is 75.4 Å². The van der Waals surface area contributed by atoms with Gasteiger partial charge in [-0.15, -0.1) is 10.2 Å². The predicted octanol–water partition coefficient (Wildman–Crippen LogP) is 1.65. The highest BCUT2D eigenvalue weighted by atomic mass is 35.5. The third-order valence-corrected chi connectivity index (χ3v) is 3.38. The van der Waals surface area contributed by atoms with Gasteiger partial charge in [-0.25, -0.2) is 9.78 Å². The molecule has 1 N–H and O–H groups in total. The lowest BCUT2D eigenvalue weighted by Crippen LogP contribution is -2.33. The minimum absolute atomic E-state index is 0.180. The second-order valence-electron chi connectivity index (χ2n) is 4.72. The van der Waals surface area contributed by atoms with Gasteiger partial charge in [0.2, 0.25) is 5.28 Å². The summed E-state index contributed by atoms with van der Waals surface area (Å²) in [5.74, 6) is 0.646. The van der Waals surface area contributed by atoms with Gasteiger partial charge in [-0.2, -0.15) is 0 Å². The lowest BCUT2D eigenvalue weighted by atomic mass is 10.4. The van der Waals surface area contributed by atoms with E-state index >= 15 is 0 Å². The molecule has 0 saturated heterocycles. The number of nitrogens with zero attached hydrogens (tertiary/aromatic N) is 5. The molecule has 0 aromatic carbocycles. The number of anilines is 1. The van der Waals surface area contributed by atoms with Gasteiger partial charge in [-0.05, 0) is 30.4 Å². The Morgan fingerprint density at radius 3 is 3.16 bits per heavy atom. The number of carbonyl (C=O) groups is 1. The van der Waals surface area contributed by atoms with E-state index in [9.17, 15) is 4.79 Å². The van der Waals surface area contributed by atoms with Crippen LogP contribution in [0.3, 0.4) is 0 Å². The Balaban J connectivity index is 1.78. The summed E-state index contributed by atoms with van der Waals surface area (Å²) in [5, 5.41) is 10.7. The van der Waals surface area contributed by atoms with Gasteiger partial charge in [0.15, 0.2) is 5.65 Å². The highest BCUT2D eigenvalue weighted by molar-refractivity contribution is 6.28. The summed E-state index contributed by atoms with van der Waals surface area (Å²) in [7, 11) is 1.78. The van der Waals surface area contributed by atoms with Crippen molar-refractivity contribution in [3.05, 3.63) is 17.8 Å². The van der Waals surface area contributed by atoms with E-state index in [2.05, 4.69) is 20.5 Å². The van der Waals surface area contributed by atoms with E-state index in [1.807, 2.05) is 0 Å². The number of fused-ring (bicyclic) bond motifs is 1. The largest absolute Gasteiger partial charge is 0.327 e. The molecule has 19 heavy (non-hydrogen) atoms. The molecule has 0 radical (unpaired) electrons. The molecule has 1 fully saturated rings. The van der Waals surface area contributed by atoms with Crippen LogP contribution in [0.1, 0.15) is 12.8 Å². The van der Waals surface area contributed by atoms with Crippen molar-refractivity contribution in [2.24, 2.45) is 5.92 Å². The second-order valence-corrected chi connectivity index (χ2v) is 5.06. The third kappa shape index (κ3) is 2.46. The molecule has 1 saturated carbocycles. The first-order valence-electron chi connectivity index (χ1n) is 6.01. The number of carbonyl (C=O) groups excluding carboxylic acids is 1. The van der Waals surface area contributed by atoms with Crippen LogP contribution in [0.5, 0.6) is 0 Å². The zero-order valence-corrected chi connectivity index (χ0v) is 11.1. The van der Waals surface area contributed by atoms with Gasteiger partial charge in [-0.3, -0.25) is 4.40 Å². The van der Waals surface area contributed by atoms with Crippen LogP contribution in [0.2, 0.25) is 5.28 Å². The first kappa shape index (κ1) is 12.2. The van der Waals surface area contributed by atoms with Gasteiger partial charge in [0, 0.05) is 13.6 Å². The third-order valence-electron chi connectivity index (χ3n) is 3.10. The number of rotatable bonds is 3. The summed E-state index contributed by atoms with van der Waals surface area (Å²) in [5.41, 5.74) is 0.975. The van der Waals surface area contributed by atoms with Gasteiger partial charge in [0.25, 0.3) is 0 Å². The number of aromatic nitrogens is 4. The average molecular weight is 281 g/mol. The van der Waals surface area contributed by atoms with Gasteiger partial charge < -0.3 is 10.2 Å². The Hall–Kier alpha value is -1.89. The lowest BCUT2D eigenvalue weighted by molar-refractivity contribution is 0.220. The molecule has 100 valence electrons. The van der Waals surface area contributed by atoms with E-state index in [1.165, 1.54) is 29.8 Å². The van der Waals surface area contributed by atoms with Crippen LogP contribution in [-0.2, 0) is 0 Å². The molecule has 8 heteroatoms. The molecule has 1 aliphatic rings. The van der Waals surface area contributed by atoms with E-state index in [0.29, 0.717) is 17.3 Å². The summed E-state index contributed by atoms with van der Waals surface area (Å²) >= 11 is 5.90. The van der Waals surface area contributed by atoms with Crippen LogP contribution in [0.25, 0.3) is 5.65 Å². The number of amides is 2. The predicted molar refractivity (Wildman–Crippen MR) is 70.2 cm³/mol. The Morgan fingerprint density at radius 1 is 1.63 bits per heavy atom. The summed E-state index contributed by atoms with van der Waals surface area (Å²) < 4.78 is 1.51. The summed E-state index contributed by atoms with van der Waals surface area (Å²) in [4.78, 5) is 17.7. The Bertz CT molecular complexity index is 623. The molecule has 7 nitrogen and oxygen atoms in total. The molecular weight excluding hydrogens is 268 g/mol. The van der Waals surface area contributed by atoms with Crippen molar-refractivity contribution in [1.82, 2.24) is 24.5 Å². The number of hydrogen-bond acceptors (Lipinski definition) is 4. The molecule has 2 heterocycles. The van der Waals surface area contributed by atoms with Crippen LogP contribution in [0.4, 0.5) is 10.5 Å². The molecule has 0 atom stereocenters. The van der Waals surface area contributed by atoms with E-state index in [4.69, 9.17) is 11.6 Å². The van der Waals surface area contributed by atoms with Crippen molar-refractivity contribution in [3.63, 3.8) is 0 Å². The van der Waals surface area contributed by atoms with Gasteiger partial charge in [-0.1, -0.05) is 0 Å². The van der Waals surface area contributed by atoms with Crippen LogP contribution in [0, 0.1) is 5.92 Å². The molecule has 1 aliphatic carbocycles. The lowest BCUT2D eigenvalue weighted by Gasteiger charge is -2.17. The quantitative estimate of drug-likeness (QED) is 0.868. The number of urea groups is 1. The maximum atomic E-state index is 12.0. The maximum absolute atomic E-state index is 12.0. The fourth-order valence-corrected chi connectivity index (χ4v) is 2.03. The van der Waals surface area contributed by atoms with Crippen LogP contribution in [-0.4, -0.2) is 44.1 Å². The first-order chi connectivity index (χ1) is 9.15. The van der Waals surface area contributed by atoms with E-state index in [-0.39, 0.29) is 11.3 Å². The average Bonchev–Trinajstić information content (AvgIpc) is 3.05. The Morgan fingerprint density at radius 2 is 2.42 bits per heavy atom.